The number of Topliss-reactive ketones (excluding diaryl/α,β-unsaturated/α-hetero) is 1. The summed E-state index contributed by atoms with van der Waals surface area (Å²) in [5.41, 5.74) is 3.77. The van der Waals surface area contributed by atoms with Gasteiger partial charge in [0.15, 0.2) is 28.8 Å². The van der Waals surface area contributed by atoms with Gasteiger partial charge in [-0.1, -0.05) is 48.0 Å². The maximum absolute atomic E-state index is 14.2. The van der Waals surface area contributed by atoms with Crippen LogP contribution in [0.15, 0.2) is 107 Å². The summed E-state index contributed by atoms with van der Waals surface area (Å²) in [6, 6.07) is 20.2. The highest BCUT2D eigenvalue weighted by Crippen LogP contribution is 2.55. The summed E-state index contributed by atoms with van der Waals surface area (Å²) in [6.45, 7) is 1.60. The Morgan fingerprint density at radius 3 is 2.29 bits per heavy atom. The fourth-order valence-corrected chi connectivity index (χ4v) is 7.42. The molecule has 0 bridgehead atoms. The lowest BCUT2D eigenvalue weighted by Gasteiger charge is -2.42. The van der Waals surface area contributed by atoms with Crippen LogP contribution in [0.5, 0.6) is 11.5 Å². The standard InChI is InChI=1S/C37H29NO7/c1-19-16-29(40)33-27(34(19)41)18-26-24(31(33)22-10-15-30(45-2)28(39)17-22)13-14-25-32(26)37(44)38(36(25)43)23-11-8-21(9-12-23)35(42)20-6-4-3-5-7-20/h3-13,15-17,25-26,31-32,39H,14,18H2,1-2H3/t25-,26+,31-,32-/m0/s1. The summed E-state index contributed by atoms with van der Waals surface area (Å²) in [5.74, 6) is -3.77. The summed E-state index contributed by atoms with van der Waals surface area (Å²) in [6.07, 6.45) is 3.73. The molecule has 8 heteroatoms. The number of anilines is 1. The maximum atomic E-state index is 14.2. The van der Waals surface area contributed by atoms with Gasteiger partial charge in [-0.3, -0.25) is 28.9 Å². The van der Waals surface area contributed by atoms with Gasteiger partial charge < -0.3 is 9.84 Å². The number of carbonyl (C=O) groups is 5. The lowest BCUT2D eigenvalue weighted by molar-refractivity contribution is -0.123. The molecule has 1 aliphatic heterocycles. The van der Waals surface area contributed by atoms with Crippen molar-refractivity contribution >= 4 is 34.9 Å². The SMILES string of the molecule is COc1ccc([C@H]2C3=CC[C@@H]4C(=O)N(c5ccc(C(=O)c6ccccc6)cc5)C(=O)[C@@H]4[C@@H]3CC3=C2C(=O)C=C(C)C3=O)cc1O. The van der Waals surface area contributed by atoms with Crippen LogP contribution in [0.25, 0.3) is 0 Å². The van der Waals surface area contributed by atoms with Crippen LogP contribution in [0, 0.1) is 17.8 Å². The number of hydrogen-bond acceptors (Lipinski definition) is 7. The van der Waals surface area contributed by atoms with Crippen LogP contribution in [0.2, 0.25) is 0 Å². The monoisotopic (exact) mass is 599 g/mol. The number of phenolic OH excluding ortho intramolecular Hbond substituents is 1. The first-order valence-corrected chi connectivity index (χ1v) is 14.8. The average molecular weight is 600 g/mol. The molecule has 1 N–H and O–H groups in total. The topological polar surface area (TPSA) is 118 Å². The number of ether oxygens (including phenoxy) is 1. The van der Waals surface area contributed by atoms with Crippen LogP contribution >= 0.6 is 0 Å². The van der Waals surface area contributed by atoms with E-state index in [1.54, 1.807) is 67.6 Å². The number of fused-ring (bicyclic) bond motifs is 3. The largest absolute Gasteiger partial charge is 0.504 e. The molecule has 0 aromatic heterocycles. The van der Waals surface area contributed by atoms with E-state index in [0.29, 0.717) is 45.5 Å². The number of aromatic hydroxyl groups is 1. The summed E-state index contributed by atoms with van der Waals surface area (Å²) in [4.78, 5) is 69.0. The Morgan fingerprint density at radius 2 is 1.60 bits per heavy atom. The number of allylic oxidation sites excluding steroid dienone is 6. The van der Waals surface area contributed by atoms with Gasteiger partial charge in [0.2, 0.25) is 11.8 Å². The van der Waals surface area contributed by atoms with Crippen molar-refractivity contribution in [3.63, 3.8) is 0 Å². The number of phenols is 1. The van der Waals surface area contributed by atoms with E-state index in [1.807, 2.05) is 12.1 Å². The second kappa shape index (κ2) is 10.7. The number of rotatable bonds is 5. The molecule has 45 heavy (non-hydrogen) atoms. The second-order valence-electron chi connectivity index (χ2n) is 11.9. The van der Waals surface area contributed by atoms with Gasteiger partial charge in [-0.15, -0.1) is 0 Å². The minimum atomic E-state index is -0.736. The lowest BCUT2D eigenvalue weighted by atomic mass is 9.59. The number of imide groups is 1. The van der Waals surface area contributed by atoms with Crippen LogP contribution < -0.4 is 9.64 Å². The molecule has 0 unspecified atom stereocenters. The zero-order chi connectivity index (χ0) is 31.6. The molecule has 1 saturated heterocycles. The predicted molar refractivity (Wildman–Crippen MR) is 165 cm³/mol. The fourth-order valence-electron chi connectivity index (χ4n) is 7.42. The number of hydrogen-bond donors (Lipinski definition) is 1. The first-order chi connectivity index (χ1) is 21.7. The molecule has 1 heterocycles. The first-order valence-electron chi connectivity index (χ1n) is 14.8. The molecule has 224 valence electrons. The van der Waals surface area contributed by atoms with Crippen LogP contribution in [0.3, 0.4) is 0 Å². The predicted octanol–water partition coefficient (Wildman–Crippen LogP) is 5.27. The summed E-state index contributed by atoms with van der Waals surface area (Å²) >= 11 is 0. The van der Waals surface area contributed by atoms with Gasteiger partial charge in [-0.05, 0) is 73.7 Å². The second-order valence-corrected chi connectivity index (χ2v) is 11.9. The van der Waals surface area contributed by atoms with Crippen LogP contribution in [0.1, 0.15) is 47.2 Å². The zero-order valence-corrected chi connectivity index (χ0v) is 24.7. The van der Waals surface area contributed by atoms with Crippen molar-refractivity contribution in [2.75, 3.05) is 12.0 Å². The molecular formula is C37H29NO7. The highest BCUT2D eigenvalue weighted by molar-refractivity contribution is 6.25. The highest BCUT2D eigenvalue weighted by Gasteiger charge is 2.56. The Balaban J connectivity index is 1.26. The summed E-state index contributed by atoms with van der Waals surface area (Å²) in [7, 11) is 1.44. The van der Waals surface area contributed by atoms with Crippen molar-refractivity contribution < 1.29 is 33.8 Å². The molecule has 4 atom stereocenters. The van der Waals surface area contributed by atoms with Crippen molar-refractivity contribution in [1.29, 1.82) is 0 Å². The van der Waals surface area contributed by atoms with E-state index in [-0.39, 0.29) is 47.1 Å². The number of benzene rings is 3. The average Bonchev–Trinajstić information content (AvgIpc) is 3.32. The fraction of sp³-hybridized carbons (Fsp3) is 0.216. The smallest absolute Gasteiger partial charge is 0.238 e. The Bertz CT molecular complexity index is 1920. The number of methoxy groups -OCH3 is 1. The third kappa shape index (κ3) is 4.39. The lowest BCUT2D eigenvalue weighted by Crippen LogP contribution is -2.39. The first kappa shape index (κ1) is 28.4. The summed E-state index contributed by atoms with van der Waals surface area (Å²) < 4.78 is 5.22. The van der Waals surface area contributed by atoms with Gasteiger partial charge in [0.25, 0.3) is 0 Å². The maximum Gasteiger partial charge on any atom is 0.238 e. The van der Waals surface area contributed by atoms with Crippen LogP contribution in [-0.4, -0.2) is 41.4 Å². The number of ketones is 3. The van der Waals surface area contributed by atoms with Crippen molar-refractivity contribution in [3.8, 4) is 11.5 Å². The molecule has 0 spiro atoms. The van der Waals surface area contributed by atoms with Gasteiger partial charge >= 0.3 is 0 Å². The van der Waals surface area contributed by atoms with E-state index in [0.717, 1.165) is 5.57 Å². The van der Waals surface area contributed by atoms with Crippen molar-refractivity contribution in [1.82, 2.24) is 0 Å². The van der Waals surface area contributed by atoms with Crippen molar-refractivity contribution in [2.45, 2.75) is 25.7 Å². The van der Waals surface area contributed by atoms with Gasteiger partial charge in [-0.2, -0.15) is 0 Å². The third-order valence-electron chi connectivity index (χ3n) is 9.52. The van der Waals surface area contributed by atoms with Crippen molar-refractivity contribution in [3.05, 3.63) is 124 Å². The molecular weight excluding hydrogens is 570 g/mol. The third-order valence-corrected chi connectivity index (χ3v) is 9.52. The van der Waals surface area contributed by atoms with E-state index < -0.39 is 23.7 Å². The van der Waals surface area contributed by atoms with Gasteiger partial charge in [-0.25, -0.2) is 0 Å². The quantitative estimate of drug-likeness (QED) is 0.184. The molecule has 3 aromatic rings. The number of nitrogens with zero attached hydrogens (tertiary/aromatic N) is 1. The van der Waals surface area contributed by atoms with E-state index >= 15 is 0 Å². The minimum absolute atomic E-state index is 0.109. The molecule has 7 rings (SSSR count). The normalized spacial score (nSPS) is 24.1. The molecule has 3 aliphatic carbocycles. The van der Waals surface area contributed by atoms with Gasteiger partial charge in [0.1, 0.15) is 0 Å². The molecule has 4 aliphatic rings. The molecule has 2 amide bonds. The van der Waals surface area contributed by atoms with Crippen molar-refractivity contribution in [2.24, 2.45) is 17.8 Å². The van der Waals surface area contributed by atoms with E-state index in [1.165, 1.54) is 24.2 Å². The van der Waals surface area contributed by atoms with Gasteiger partial charge in [0, 0.05) is 33.8 Å². The molecule has 8 nitrogen and oxygen atoms in total. The van der Waals surface area contributed by atoms with Crippen LogP contribution in [0.4, 0.5) is 5.69 Å². The van der Waals surface area contributed by atoms with Crippen LogP contribution in [-0.2, 0) is 19.2 Å². The highest BCUT2D eigenvalue weighted by atomic mass is 16.5. The minimum Gasteiger partial charge on any atom is -0.504 e. The summed E-state index contributed by atoms with van der Waals surface area (Å²) in [5, 5.41) is 10.6. The molecule has 0 saturated carbocycles. The Labute approximate surface area is 259 Å². The molecule has 3 aromatic carbocycles. The molecule has 1 fully saturated rings. The van der Waals surface area contributed by atoms with E-state index in [9.17, 15) is 29.1 Å². The molecule has 0 radical (unpaired) electrons. The Hall–Kier alpha value is -5.37. The number of carbonyl (C=O) groups excluding carboxylic acids is 5. The van der Waals surface area contributed by atoms with Gasteiger partial charge in [0.05, 0.1) is 24.6 Å². The van der Waals surface area contributed by atoms with E-state index in [4.69, 9.17) is 4.74 Å². The number of amides is 2. The zero-order valence-electron chi connectivity index (χ0n) is 24.7. The Kier molecular flexibility index (Phi) is 6.73. The Morgan fingerprint density at radius 1 is 0.889 bits per heavy atom. The van der Waals surface area contributed by atoms with E-state index in [2.05, 4.69) is 0 Å².